The fourth-order valence-electron chi connectivity index (χ4n) is 2.94. The highest BCUT2D eigenvalue weighted by molar-refractivity contribution is 7.92. The van der Waals surface area contributed by atoms with E-state index in [2.05, 4.69) is 30.6 Å². The largest absolute Gasteiger partial charge is 0.480 e. The van der Waals surface area contributed by atoms with Gasteiger partial charge in [0.05, 0.1) is 18.4 Å². The Balaban J connectivity index is 1.62. The zero-order chi connectivity index (χ0) is 24.9. The number of nitrogens with zero attached hydrogens (tertiary/aromatic N) is 3. The van der Waals surface area contributed by atoms with Crippen LogP contribution in [-0.2, 0) is 21.1 Å². The first-order chi connectivity index (χ1) is 16.1. The molecule has 0 aliphatic heterocycles. The molecular formula is C20H24N8O5S. The number of anilines is 2. The third-order valence-electron chi connectivity index (χ3n) is 4.91. The van der Waals surface area contributed by atoms with E-state index < -0.39 is 33.2 Å². The minimum absolute atomic E-state index is 0.0477. The number of fused-ring (bicyclic) bond motifs is 1. The van der Waals surface area contributed by atoms with E-state index in [-0.39, 0.29) is 47.1 Å². The molecule has 7 N–H and O–H groups in total. The van der Waals surface area contributed by atoms with Crippen LogP contribution in [0.4, 0.5) is 11.6 Å². The Morgan fingerprint density at radius 1 is 1.26 bits per heavy atom. The second kappa shape index (κ2) is 10.2. The van der Waals surface area contributed by atoms with Crippen molar-refractivity contribution in [3.05, 3.63) is 52.1 Å². The molecule has 2 heterocycles. The topological polar surface area (TPSA) is 217 Å². The number of carbonyl (C=O) groups is 2. The van der Waals surface area contributed by atoms with Crippen molar-refractivity contribution in [1.82, 2.24) is 25.3 Å². The van der Waals surface area contributed by atoms with Crippen molar-refractivity contribution in [2.75, 3.05) is 22.6 Å². The molecule has 13 nitrogen and oxygen atoms in total. The zero-order valence-corrected chi connectivity index (χ0v) is 19.0. The molecule has 34 heavy (non-hydrogen) atoms. The van der Waals surface area contributed by atoms with Crippen molar-refractivity contribution in [1.29, 1.82) is 4.78 Å². The number of rotatable bonds is 10. The highest BCUT2D eigenvalue weighted by Gasteiger charge is 2.22. The van der Waals surface area contributed by atoms with Crippen molar-refractivity contribution in [2.45, 2.75) is 25.9 Å². The van der Waals surface area contributed by atoms with Gasteiger partial charge >= 0.3 is 5.97 Å². The van der Waals surface area contributed by atoms with Crippen molar-refractivity contribution in [2.24, 2.45) is 0 Å². The Kier molecular flexibility index (Phi) is 7.40. The summed E-state index contributed by atoms with van der Waals surface area (Å²) in [6.45, 7) is 1.84. The van der Waals surface area contributed by atoms with Gasteiger partial charge in [-0.25, -0.2) is 19.0 Å². The number of H-pyrrole nitrogens is 1. The average Bonchev–Trinajstić information content (AvgIpc) is 2.80. The van der Waals surface area contributed by atoms with Crippen LogP contribution in [0.3, 0.4) is 0 Å². The van der Waals surface area contributed by atoms with Gasteiger partial charge < -0.3 is 21.5 Å². The SMILES string of the molecule is CCS(=N)(=O)CCC(NC(=O)c1ccc(NCc2cnc3nc(N)[nH]c(=O)c3n2)cc1)C(=O)O. The first-order valence-electron chi connectivity index (χ1n) is 10.2. The lowest BCUT2D eigenvalue weighted by Crippen LogP contribution is -2.42. The highest BCUT2D eigenvalue weighted by Crippen LogP contribution is 2.12. The van der Waals surface area contributed by atoms with Gasteiger partial charge in [0.2, 0.25) is 5.95 Å². The Bertz CT molecular complexity index is 1370. The van der Waals surface area contributed by atoms with Crippen molar-refractivity contribution in [3.8, 4) is 0 Å². The minimum atomic E-state index is -2.86. The van der Waals surface area contributed by atoms with Crippen LogP contribution in [0.25, 0.3) is 11.2 Å². The monoisotopic (exact) mass is 488 g/mol. The van der Waals surface area contributed by atoms with Crippen LogP contribution in [-0.4, -0.2) is 58.7 Å². The molecule has 0 bridgehead atoms. The van der Waals surface area contributed by atoms with E-state index >= 15 is 0 Å². The number of carboxylic acids is 1. The summed E-state index contributed by atoms with van der Waals surface area (Å²) in [7, 11) is -2.86. The number of nitrogens with two attached hydrogens (primary N) is 1. The van der Waals surface area contributed by atoms with E-state index in [1.165, 1.54) is 18.3 Å². The maximum absolute atomic E-state index is 12.4. The summed E-state index contributed by atoms with van der Waals surface area (Å²) in [5.74, 6) is -1.90. The lowest BCUT2D eigenvalue weighted by atomic mass is 10.1. The Morgan fingerprint density at radius 3 is 2.62 bits per heavy atom. The Labute approximate surface area is 194 Å². The van der Waals surface area contributed by atoms with Crippen molar-refractivity contribution < 1.29 is 18.9 Å². The summed E-state index contributed by atoms with van der Waals surface area (Å²) in [5.41, 5.74) is 6.56. The van der Waals surface area contributed by atoms with Gasteiger partial charge in [-0.05, 0) is 30.7 Å². The molecule has 0 radical (unpaired) electrons. The van der Waals surface area contributed by atoms with Crippen LogP contribution in [0.15, 0.2) is 35.3 Å². The number of aromatic amines is 1. The molecule has 2 atom stereocenters. The van der Waals surface area contributed by atoms with Crippen molar-refractivity contribution in [3.63, 3.8) is 0 Å². The van der Waals surface area contributed by atoms with Gasteiger partial charge in [0.25, 0.3) is 11.5 Å². The highest BCUT2D eigenvalue weighted by atomic mass is 32.2. The van der Waals surface area contributed by atoms with E-state index in [9.17, 15) is 23.7 Å². The average molecular weight is 489 g/mol. The van der Waals surface area contributed by atoms with E-state index in [1.54, 1.807) is 19.1 Å². The van der Waals surface area contributed by atoms with Crippen molar-refractivity contribution >= 4 is 44.4 Å². The molecule has 0 aliphatic rings. The molecule has 1 aromatic carbocycles. The molecular weight excluding hydrogens is 464 g/mol. The summed E-state index contributed by atoms with van der Waals surface area (Å²) < 4.78 is 19.5. The van der Waals surface area contributed by atoms with Crippen LogP contribution in [0, 0.1) is 4.78 Å². The quantitative estimate of drug-likeness (QED) is 0.233. The molecule has 0 spiro atoms. The minimum Gasteiger partial charge on any atom is -0.480 e. The van der Waals surface area contributed by atoms with Gasteiger partial charge in [0, 0.05) is 32.5 Å². The van der Waals surface area contributed by atoms with Gasteiger partial charge in [0.1, 0.15) is 6.04 Å². The van der Waals surface area contributed by atoms with Crippen LogP contribution in [0.5, 0.6) is 0 Å². The van der Waals surface area contributed by atoms with E-state index in [0.717, 1.165) is 0 Å². The van der Waals surface area contributed by atoms with E-state index in [1.807, 2.05) is 0 Å². The molecule has 2 aromatic heterocycles. The maximum atomic E-state index is 12.4. The van der Waals surface area contributed by atoms with E-state index in [4.69, 9.17) is 10.5 Å². The fraction of sp³-hybridized carbons (Fsp3) is 0.300. The lowest BCUT2D eigenvalue weighted by Gasteiger charge is -2.15. The third-order valence-corrected chi connectivity index (χ3v) is 6.74. The molecule has 14 heteroatoms. The normalized spacial score (nSPS) is 13.7. The number of hydrogen-bond acceptors (Lipinski definition) is 10. The summed E-state index contributed by atoms with van der Waals surface area (Å²) in [6, 6.07) is 5.03. The molecule has 3 aromatic rings. The molecule has 2 unspecified atom stereocenters. The lowest BCUT2D eigenvalue weighted by molar-refractivity contribution is -0.139. The number of hydrogen-bond donors (Lipinski definition) is 6. The second-order valence-electron chi connectivity index (χ2n) is 7.37. The van der Waals surface area contributed by atoms with Gasteiger partial charge in [-0.1, -0.05) is 6.92 Å². The predicted molar refractivity (Wildman–Crippen MR) is 126 cm³/mol. The Morgan fingerprint density at radius 2 is 1.97 bits per heavy atom. The number of amides is 1. The molecule has 0 saturated heterocycles. The number of aromatic nitrogens is 4. The number of aliphatic carboxylic acids is 1. The van der Waals surface area contributed by atoms with E-state index in [0.29, 0.717) is 11.4 Å². The van der Waals surface area contributed by atoms with Crippen LogP contribution in [0.1, 0.15) is 29.4 Å². The number of carboxylic acid groups (broad SMARTS) is 1. The Hall–Kier alpha value is -4.07. The molecule has 3 rings (SSSR count). The van der Waals surface area contributed by atoms with Crippen LogP contribution in [0.2, 0.25) is 0 Å². The molecule has 0 fully saturated rings. The first-order valence-corrected chi connectivity index (χ1v) is 12.1. The summed E-state index contributed by atoms with van der Waals surface area (Å²) >= 11 is 0. The predicted octanol–water partition coefficient (Wildman–Crippen LogP) is 0.547. The van der Waals surface area contributed by atoms with Gasteiger partial charge in [-0.3, -0.25) is 19.4 Å². The van der Waals surface area contributed by atoms with Gasteiger partial charge in [0.15, 0.2) is 11.2 Å². The summed E-state index contributed by atoms with van der Waals surface area (Å²) in [6.07, 6.45) is 1.36. The number of nitrogens with one attached hydrogen (secondary N) is 4. The summed E-state index contributed by atoms with van der Waals surface area (Å²) in [4.78, 5) is 50.4. The number of carbonyl (C=O) groups excluding carboxylic acids is 1. The first kappa shape index (κ1) is 24.6. The zero-order valence-electron chi connectivity index (χ0n) is 18.2. The molecule has 0 aliphatic carbocycles. The maximum Gasteiger partial charge on any atom is 0.326 e. The molecule has 0 saturated carbocycles. The molecule has 1 amide bonds. The standard InChI is InChI=1S/C20H24N8O5S/c1-2-34(22,33)8-7-14(19(31)32)26-17(29)11-3-5-12(6-4-11)23-9-13-10-24-16-15(25-13)18(30)28-20(21)27-16/h3-6,10,14,22-23H,2,7-9H2,1H3,(H,26,29)(H,31,32)(H3,21,24,27,28,30). The van der Waals surface area contributed by atoms with Gasteiger partial charge in [-0.2, -0.15) is 4.98 Å². The third kappa shape index (κ3) is 6.25. The van der Waals surface area contributed by atoms with Gasteiger partial charge in [-0.15, -0.1) is 0 Å². The molecule has 180 valence electrons. The number of benzene rings is 1. The summed E-state index contributed by atoms with van der Waals surface area (Å²) in [5, 5.41) is 14.8. The smallest absolute Gasteiger partial charge is 0.326 e. The fourth-order valence-corrected chi connectivity index (χ4v) is 3.84. The van der Waals surface area contributed by atoms with Crippen LogP contribution < -0.4 is 21.9 Å². The second-order valence-corrected chi connectivity index (χ2v) is 9.98. The van der Waals surface area contributed by atoms with Crippen LogP contribution >= 0.6 is 0 Å². The number of nitrogen functional groups attached to an aromatic ring is 1.